The molecule has 0 saturated heterocycles. The number of rotatable bonds is 0. The van der Waals surface area contributed by atoms with Gasteiger partial charge in [-0.15, -0.1) is 0 Å². The Morgan fingerprint density at radius 3 is 1.58 bits per heavy atom. The molecule has 1 aromatic carbocycles. The van der Waals surface area contributed by atoms with Crippen LogP contribution < -0.4 is 0 Å². The summed E-state index contributed by atoms with van der Waals surface area (Å²) < 4.78 is 0. The van der Waals surface area contributed by atoms with Gasteiger partial charge in [0.05, 0.1) is 0 Å². The minimum Gasteiger partial charge on any atom is -0.0776 e. The van der Waals surface area contributed by atoms with E-state index in [1.807, 2.05) is 0 Å². The number of benzene rings is 1. The maximum atomic E-state index is 2.56. The molecular weight excluding hydrogens is 288 g/mol. The van der Waals surface area contributed by atoms with E-state index in [0.29, 0.717) is 11.8 Å². The van der Waals surface area contributed by atoms with E-state index in [0.717, 1.165) is 0 Å². The van der Waals surface area contributed by atoms with Gasteiger partial charge >= 0.3 is 0 Å². The van der Waals surface area contributed by atoms with E-state index in [2.05, 4.69) is 76.3 Å². The first-order valence-electron chi connectivity index (χ1n) is 9.37. The maximum absolute atomic E-state index is 2.56. The fraction of sp³-hybridized carbons (Fsp3) is 0.417. The maximum Gasteiger partial charge on any atom is 0.00938 e. The molecule has 4 atom stereocenters. The molecule has 4 aliphatic carbocycles. The van der Waals surface area contributed by atoms with Gasteiger partial charge in [0, 0.05) is 10.8 Å². The Morgan fingerprint density at radius 1 is 0.750 bits per heavy atom. The van der Waals surface area contributed by atoms with E-state index in [-0.39, 0.29) is 10.8 Å². The van der Waals surface area contributed by atoms with E-state index in [1.54, 1.807) is 11.1 Å². The second kappa shape index (κ2) is 4.42. The summed E-state index contributed by atoms with van der Waals surface area (Å²) in [5.41, 5.74) is 9.40. The molecule has 122 valence electrons. The summed E-state index contributed by atoms with van der Waals surface area (Å²) in [6, 6.07) is 9.11. The highest BCUT2D eigenvalue weighted by atomic mass is 14.6. The van der Waals surface area contributed by atoms with E-state index >= 15 is 0 Å². The molecule has 4 unspecified atom stereocenters. The molecule has 1 aromatic rings. The molecule has 24 heavy (non-hydrogen) atoms. The lowest BCUT2D eigenvalue weighted by atomic mass is 9.39. The average molecular weight is 314 g/mol. The van der Waals surface area contributed by atoms with Gasteiger partial charge in [-0.2, -0.15) is 0 Å². The first kappa shape index (κ1) is 14.5. The van der Waals surface area contributed by atoms with Crippen molar-refractivity contribution in [2.45, 2.75) is 40.5 Å². The Labute approximate surface area is 145 Å². The number of allylic oxidation sites excluding steroid dienone is 8. The Morgan fingerprint density at radius 2 is 1.17 bits per heavy atom. The van der Waals surface area contributed by atoms with Gasteiger partial charge in [0.25, 0.3) is 0 Å². The SMILES string of the molecule is CC1=CC2CCC3C=C(C)C=C4c5ccccc5C(=C1)C2(C)C43C. The molecule has 0 bridgehead atoms. The Balaban J connectivity index is 1.92. The van der Waals surface area contributed by atoms with Gasteiger partial charge in [-0.3, -0.25) is 0 Å². The van der Waals surface area contributed by atoms with Crippen LogP contribution in [0.3, 0.4) is 0 Å². The summed E-state index contributed by atoms with van der Waals surface area (Å²) in [6.07, 6.45) is 12.7. The molecule has 0 spiro atoms. The van der Waals surface area contributed by atoms with Crippen LogP contribution in [0, 0.1) is 22.7 Å². The molecule has 0 amide bonds. The van der Waals surface area contributed by atoms with Gasteiger partial charge < -0.3 is 0 Å². The van der Waals surface area contributed by atoms with Gasteiger partial charge in [-0.25, -0.2) is 0 Å². The molecule has 4 aliphatic rings. The third-order valence-corrected chi connectivity index (χ3v) is 7.65. The van der Waals surface area contributed by atoms with Crippen molar-refractivity contribution in [1.29, 1.82) is 0 Å². The first-order chi connectivity index (χ1) is 11.5. The third kappa shape index (κ3) is 1.47. The second-order valence-corrected chi connectivity index (χ2v) is 8.68. The minimum absolute atomic E-state index is 0.201. The van der Waals surface area contributed by atoms with E-state index < -0.39 is 0 Å². The molecule has 1 fully saturated rings. The zero-order chi connectivity index (χ0) is 16.7. The predicted octanol–water partition coefficient (Wildman–Crippen LogP) is 6.43. The fourth-order valence-corrected chi connectivity index (χ4v) is 6.32. The molecular formula is C24H26. The van der Waals surface area contributed by atoms with Crippen molar-refractivity contribution in [1.82, 2.24) is 0 Å². The van der Waals surface area contributed by atoms with E-state index in [1.165, 1.54) is 35.1 Å². The smallest absolute Gasteiger partial charge is 0.00938 e. The van der Waals surface area contributed by atoms with Crippen LogP contribution in [0.4, 0.5) is 0 Å². The molecule has 0 nitrogen and oxygen atoms in total. The Bertz CT molecular complexity index is 802. The van der Waals surface area contributed by atoms with Crippen LogP contribution in [0.1, 0.15) is 51.7 Å². The van der Waals surface area contributed by atoms with Gasteiger partial charge in [-0.05, 0) is 60.8 Å². The van der Waals surface area contributed by atoms with Crippen molar-refractivity contribution >= 4 is 11.1 Å². The number of hydrogen-bond donors (Lipinski definition) is 0. The van der Waals surface area contributed by atoms with E-state index in [4.69, 9.17) is 0 Å². The van der Waals surface area contributed by atoms with Crippen LogP contribution in [-0.4, -0.2) is 0 Å². The van der Waals surface area contributed by atoms with Crippen molar-refractivity contribution in [2.24, 2.45) is 22.7 Å². The average Bonchev–Trinajstić information content (AvgIpc) is 2.55. The monoisotopic (exact) mass is 314 g/mol. The highest BCUT2D eigenvalue weighted by molar-refractivity contribution is 5.93. The molecule has 0 heteroatoms. The molecule has 0 N–H and O–H groups in total. The number of fused-ring (bicyclic) bond motifs is 3. The van der Waals surface area contributed by atoms with Crippen LogP contribution in [0.15, 0.2) is 59.7 Å². The van der Waals surface area contributed by atoms with Crippen LogP contribution in [0.2, 0.25) is 0 Å². The highest BCUT2D eigenvalue weighted by Gasteiger charge is 2.62. The normalized spacial score (nSPS) is 39.0. The summed E-state index contributed by atoms with van der Waals surface area (Å²) in [4.78, 5) is 0. The minimum atomic E-state index is 0.201. The first-order valence-corrected chi connectivity index (χ1v) is 9.37. The van der Waals surface area contributed by atoms with Crippen molar-refractivity contribution in [3.8, 4) is 0 Å². The molecule has 0 aliphatic heterocycles. The van der Waals surface area contributed by atoms with Crippen LogP contribution in [0.25, 0.3) is 11.1 Å². The van der Waals surface area contributed by atoms with Crippen molar-refractivity contribution in [3.05, 3.63) is 70.8 Å². The summed E-state index contributed by atoms with van der Waals surface area (Å²) in [7, 11) is 0. The van der Waals surface area contributed by atoms with Gasteiger partial charge in [0.2, 0.25) is 0 Å². The summed E-state index contributed by atoms with van der Waals surface area (Å²) in [5.74, 6) is 1.31. The summed E-state index contributed by atoms with van der Waals surface area (Å²) in [5, 5.41) is 0. The third-order valence-electron chi connectivity index (χ3n) is 7.65. The van der Waals surface area contributed by atoms with Gasteiger partial charge in [0.1, 0.15) is 0 Å². The zero-order valence-corrected chi connectivity index (χ0v) is 15.2. The lowest BCUT2D eigenvalue weighted by Gasteiger charge is -2.64. The largest absolute Gasteiger partial charge is 0.0776 e. The summed E-state index contributed by atoms with van der Waals surface area (Å²) in [6.45, 7) is 9.66. The van der Waals surface area contributed by atoms with Crippen LogP contribution in [-0.2, 0) is 0 Å². The lowest BCUT2D eigenvalue weighted by Crippen LogP contribution is -2.55. The standard InChI is InChI=1S/C24H26/c1-15-11-17-9-10-18-12-16(2)14-22-20-8-6-5-7-19(20)21(13-15)23(17,3)24(18,22)4/h5-8,11-14,17-18H,9-10H2,1-4H3. The molecule has 0 heterocycles. The second-order valence-electron chi connectivity index (χ2n) is 8.68. The predicted molar refractivity (Wildman–Crippen MR) is 102 cm³/mol. The molecule has 1 saturated carbocycles. The zero-order valence-electron chi connectivity index (χ0n) is 15.2. The number of hydrogen-bond acceptors (Lipinski definition) is 0. The lowest BCUT2D eigenvalue weighted by molar-refractivity contribution is 0.0410. The molecule has 0 aromatic heterocycles. The summed E-state index contributed by atoms with van der Waals surface area (Å²) >= 11 is 0. The van der Waals surface area contributed by atoms with Crippen molar-refractivity contribution in [2.75, 3.05) is 0 Å². The van der Waals surface area contributed by atoms with Gasteiger partial charge in [-0.1, -0.05) is 73.6 Å². The Kier molecular flexibility index (Phi) is 2.67. The van der Waals surface area contributed by atoms with Crippen molar-refractivity contribution in [3.63, 3.8) is 0 Å². The van der Waals surface area contributed by atoms with Gasteiger partial charge in [0.15, 0.2) is 0 Å². The fourth-order valence-electron chi connectivity index (χ4n) is 6.32. The van der Waals surface area contributed by atoms with Crippen LogP contribution in [0.5, 0.6) is 0 Å². The van der Waals surface area contributed by atoms with Crippen LogP contribution >= 0.6 is 0 Å². The van der Waals surface area contributed by atoms with E-state index in [9.17, 15) is 0 Å². The quantitative estimate of drug-likeness (QED) is 0.518. The molecule has 0 radical (unpaired) electrons. The Hall–Kier alpha value is -1.82. The molecule has 5 rings (SSSR count). The highest BCUT2D eigenvalue weighted by Crippen LogP contribution is 2.72. The van der Waals surface area contributed by atoms with Crippen molar-refractivity contribution < 1.29 is 0 Å². The topological polar surface area (TPSA) is 0 Å².